The maximum Gasteiger partial charge on any atom is 0.140 e. The van der Waals surface area contributed by atoms with E-state index in [1.807, 2.05) is 0 Å². The molecule has 4 heteroatoms. The van der Waals surface area contributed by atoms with E-state index >= 15 is 0 Å². The van der Waals surface area contributed by atoms with E-state index in [2.05, 4.69) is 102 Å². The van der Waals surface area contributed by atoms with Crippen LogP contribution < -0.4 is 9.80 Å². The molecule has 2 heterocycles. The molecule has 1 aliphatic heterocycles. The van der Waals surface area contributed by atoms with E-state index in [9.17, 15) is 5.11 Å². The summed E-state index contributed by atoms with van der Waals surface area (Å²) in [6.45, 7) is 5.89. The molecule has 1 aromatic heterocycles. The van der Waals surface area contributed by atoms with Crippen molar-refractivity contribution >= 4 is 21.8 Å². The van der Waals surface area contributed by atoms with Gasteiger partial charge in [0.15, 0.2) is 0 Å². The Hall–Kier alpha value is -3.44. The summed E-state index contributed by atoms with van der Waals surface area (Å²) in [6.07, 6.45) is -0.367. The molecule has 0 spiro atoms. The average Bonchev–Trinajstić information content (AvgIpc) is 3.43. The van der Waals surface area contributed by atoms with Crippen molar-refractivity contribution in [1.29, 1.82) is 0 Å². The first-order valence-electron chi connectivity index (χ1n) is 13.3. The van der Waals surface area contributed by atoms with Crippen LogP contribution in [0.25, 0.3) is 32.9 Å². The molecule has 0 unspecified atom stereocenters. The van der Waals surface area contributed by atoms with Crippen LogP contribution in [0.1, 0.15) is 17.2 Å². The second kappa shape index (κ2) is 8.90. The first-order chi connectivity index (χ1) is 17.8. The summed E-state index contributed by atoms with van der Waals surface area (Å²) in [5.41, 5.74) is 8.18. The number of aromatic nitrogens is 1. The molecular weight excluding hydrogens is 442 g/mol. The predicted octanol–water partition coefficient (Wildman–Crippen LogP) is 2.71. The number of rotatable bonds is 5. The molecule has 0 radical (unpaired) electrons. The van der Waals surface area contributed by atoms with E-state index in [0.717, 1.165) is 32.7 Å². The molecule has 1 fully saturated rings. The van der Waals surface area contributed by atoms with Crippen LogP contribution in [0.15, 0.2) is 97.1 Å². The SMILES string of the molecule is O[C@H](Cn1c2ccccc2c2ccccc21)C[NH+]1CC[NH+](C2c3ccccc3-c3ccccc32)CC1. The van der Waals surface area contributed by atoms with Gasteiger partial charge in [-0.15, -0.1) is 0 Å². The molecule has 1 atom stereocenters. The minimum Gasteiger partial charge on any atom is -0.385 e. The van der Waals surface area contributed by atoms with Gasteiger partial charge in [0, 0.05) is 32.9 Å². The number of hydrogen-bond donors (Lipinski definition) is 3. The summed E-state index contributed by atoms with van der Waals surface area (Å²) in [4.78, 5) is 3.18. The Balaban J connectivity index is 1.06. The van der Waals surface area contributed by atoms with Crippen molar-refractivity contribution in [2.24, 2.45) is 0 Å². The molecule has 0 saturated carbocycles. The van der Waals surface area contributed by atoms with E-state index in [0.29, 0.717) is 12.6 Å². The van der Waals surface area contributed by atoms with Crippen molar-refractivity contribution in [2.45, 2.75) is 18.7 Å². The van der Waals surface area contributed by atoms with E-state index in [-0.39, 0.29) is 6.10 Å². The number of aliphatic hydroxyl groups excluding tert-OH is 1. The van der Waals surface area contributed by atoms with Gasteiger partial charge in [0.25, 0.3) is 0 Å². The third-order valence-corrected chi connectivity index (χ3v) is 8.44. The minimum atomic E-state index is -0.367. The lowest BCUT2D eigenvalue weighted by Gasteiger charge is -2.34. The quantitative estimate of drug-likeness (QED) is 0.359. The average molecular weight is 476 g/mol. The number of quaternary nitrogens is 2. The van der Waals surface area contributed by atoms with Gasteiger partial charge < -0.3 is 19.5 Å². The fourth-order valence-electron chi connectivity index (χ4n) is 6.82. The molecular formula is C32H33N3O+2. The molecule has 7 rings (SSSR count). The van der Waals surface area contributed by atoms with Crippen LogP contribution in [0.3, 0.4) is 0 Å². The van der Waals surface area contributed by atoms with Gasteiger partial charge in [-0.2, -0.15) is 0 Å². The van der Waals surface area contributed by atoms with Crippen LogP contribution >= 0.6 is 0 Å². The Kier molecular flexibility index (Phi) is 5.39. The van der Waals surface area contributed by atoms with Gasteiger partial charge >= 0.3 is 0 Å². The lowest BCUT2D eigenvalue weighted by atomic mass is 10.0. The number of piperazine rings is 1. The number of nitrogens with one attached hydrogen (secondary N) is 2. The minimum absolute atomic E-state index is 0.367. The smallest absolute Gasteiger partial charge is 0.140 e. The van der Waals surface area contributed by atoms with Crippen LogP contribution in [-0.4, -0.2) is 48.5 Å². The molecule has 180 valence electrons. The third kappa shape index (κ3) is 3.56. The van der Waals surface area contributed by atoms with Crippen molar-refractivity contribution in [2.75, 3.05) is 32.7 Å². The summed E-state index contributed by atoms with van der Waals surface area (Å²) >= 11 is 0. The highest BCUT2D eigenvalue weighted by molar-refractivity contribution is 6.07. The van der Waals surface area contributed by atoms with Gasteiger partial charge in [-0.3, -0.25) is 0 Å². The zero-order valence-corrected chi connectivity index (χ0v) is 20.5. The number of para-hydroxylation sites is 2. The molecule has 3 N–H and O–H groups in total. The van der Waals surface area contributed by atoms with Gasteiger partial charge in [0.05, 0.1) is 6.54 Å². The Morgan fingerprint density at radius 1 is 0.667 bits per heavy atom. The zero-order valence-electron chi connectivity index (χ0n) is 20.5. The summed E-state index contributed by atoms with van der Waals surface area (Å²) in [5, 5.41) is 13.7. The first-order valence-corrected chi connectivity index (χ1v) is 13.3. The van der Waals surface area contributed by atoms with Gasteiger partial charge in [-0.05, 0) is 23.3 Å². The molecule has 4 nitrogen and oxygen atoms in total. The normalized spacial score (nSPS) is 20.5. The summed E-state index contributed by atoms with van der Waals surface area (Å²) < 4.78 is 2.31. The Bertz CT molecular complexity index is 1450. The summed E-state index contributed by atoms with van der Waals surface area (Å²) in [5.74, 6) is 0. The number of fused-ring (bicyclic) bond motifs is 6. The largest absolute Gasteiger partial charge is 0.385 e. The number of nitrogens with zero attached hydrogens (tertiary/aromatic N) is 1. The number of aliphatic hydroxyl groups is 1. The Morgan fingerprint density at radius 2 is 1.17 bits per heavy atom. The zero-order chi connectivity index (χ0) is 24.1. The van der Waals surface area contributed by atoms with Gasteiger partial charge in [0.2, 0.25) is 0 Å². The lowest BCUT2D eigenvalue weighted by Crippen LogP contribution is -3.28. The monoisotopic (exact) mass is 475 g/mol. The van der Waals surface area contributed by atoms with Crippen LogP contribution in [0.4, 0.5) is 0 Å². The molecule has 0 amide bonds. The second-order valence-electron chi connectivity index (χ2n) is 10.5. The van der Waals surface area contributed by atoms with Gasteiger partial charge in [0.1, 0.15) is 44.9 Å². The van der Waals surface area contributed by atoms with Crippen molar-refractivity contribution in [3.05, 3.63) is 108 Å². The van der Waals surface area contributed by atoms with Crippen molar-refractivity contribution in [1.82, 2.24) is 4.57 Å². The van der Waals surface area contributed by atoms with Crippen LogP contribution in [-0.2, 0) is 6.54 Å². The lowest BCUT2D eigenvalue weighted by molar-refractivity contribution is -1.02. The Morgan fingerprint density at radius 3 is 1.75 bits per heavy atom. The van der Waals surface area contributed by atoms with Crippen molar-refractivity contribution in [3.8, 4) is 11.1 Å². The van der Waals surface area contributed by atoms with Crippen LogP contribution in [0.5, 0.6) is 0 Å². The number of benzene rings is 4. The maximum atomic E-state index is 11.2. The summed E-state index contributed by atoms with van der Waals surface area (Å²) in [6, 6.07) is 35.4. The molecule has 36 heavy (non-hydrogen) atoms. The highest BCUT2D eigenvalue weighted by Crippen LogP contribution is 2.41. The summed E-state index contributed by atoms with van der Waals surface area (Å²) in [7, 11) is 0. The van der Waals surface area contributed by atoms with Crippen molar-refractivity contribution < 1.29 is 14.9 Å². The molecule has 4 aromatic carbocycles. The van der Waals surface area contributed by atoms with Crippen LogP contribution in [0, 0.1) is 0 Å². The molecule has 0 bridgehead atoms. The van der Waals surface area contributed by atoms with E-state index < -0.39 is 0 Å². The van der Waals surface area contributed by atoms with E-state index in [4.69, 9.17) is 0 Å². The topological polar surface area (TPSA) is 34.0 Å². The highest BCUT2D eigenvalue weighted by Gasteiger charge is 2.38. The van der Waals surface area contributed by atoms with Gasteiger partial charge in [-0.1, -0.05) is 84.9 Å². The highest BCUT2D eigenvalue weighted by atomic mass is 16.3. The van der Waals surface area contributed by atoms with E-state index in [1.165, 1.54) is 49.0 Å². The fraction of sp³-hybridized carbons (Fsp3) is 0.250. The molecule has 1 aliphatic carbocycles. The maximum absolute atomic E-state index is 11.2. The third-order valence-electron chi connectivity index (χ3n) is 8.44. The molecule has 2 aliphatic rings. The Labute approximate surface area is 212 Å². The van der Waals surface area contributed by atoms with E-state index in [1.54, 1.807) is 4.90 Å². The standard InChI is InChI=1S/C32H31N3O/c36-23(22-35-30-15-7-5-11-26(30)27-12-6-8-16-31(27)35)21-33-17-19-34(20-18-33)32-28-13-3-1-9-24(28)25-10-2-4-14-29(25)32/h1-16,23,32,36H,17-22H2/p+2/t23-/m0/s1. The molecule has 5 aromatic rings. The fourth-order valence-corrected chi connectivity index (χ4v) is 6.82. The van der Waals surface area contributed by atoms with Crippen molar-refractivity contribution in [3.63, 3.8) is 0 Å². The molecule has 1 saturated heterocycles. The second-order valence-corrected chi connectivity index (χ2v) is 10.5. The van der Waals surface area contributed by atoms with Gasteiger partial charge in [-0.25, -0.2) is 0 Å². The van der Waals surface area contributed by atoms with Crippen LogP contribution in [0.2, 0.25) is 0 Å². The first kappa shape index (κ1) is 21.8. The predicted molar refractivity (Wildman–Crippen MR) is 145 cm³/mol. The number of hydrogen-bond acceptors (Lipinski definition) is 1.